The molecule has 1 aromatic rings. The highest BCUT2D eigenvalue weighted by Crippen LogP contribution is 2.13. The second kappa shape index (κ2) is 7.75. The van der Waals surface area contributed by atoms with Crippen molar-refractivity contribution in [3.8, 4) is 0 Å². The van der Waals surface area contributed by atoms with Crippen LogP contribution in [0.1, 0.15) is 29.8 Å². The molecule has 22 heavy (non-hydrogen) atoms. The number of hydrogen-bond donors (Lipinski definition) is 1. The Bertz CT molecular complexity index is 493. The molecule has 0 saturated carbocycles. The first-order chi connectivity index (χ1) is 10.5. The first-order valence-corrected chi connectivity index (χ1v) is 8.25. The minimum absolute atomic E-state index is 0.0397. The number of nitrogens with zero attached hydrogens (tertiary/aromatic N) is 2. The fourth-order valence-corrected chi connectivity index (χ4v) is 3.06. The van der Waals surface area contributed by atoms with Crippen LogP contribution in [0.2, 0.25) is 0 Å². The van der Waals surface area contributed by atoms with Crippen molar-refractivity contribution in [3.05, 3.63) is 35.4 Å². The number of aryl methyl sites for hydroxylation is 1. The van der Waals surface area contributed by atoms with E-state index in [0.717, 1.165) is 37.3 Å². The molecule has 1 aromatic carbocycles. The lowest BCUT2D eigenvalue weighted by atomic mass is 10.0. The summed E-state index contributed by atoms with van der Waals surface area (Å²) in [6.45, 7) is 11.6. The zero-order chi connectivity index (χ0) is 16.1. The summed E-state index contributed by atoms with van der Waals surface area (Å²) in [6.07, 6.45) is 0. The molecule has 1 aliphatic heterocycles. The molecule has 1 amide bonds. The van der Waals surface area contributed by atoms with Crippen molar-refractivity contribution in [1.29, 1.82) is 0 Å². The molecule has 1 atom stereocenters. The van der Waals surface area contributed by atoms with E-state index in [1.54, 1.807) is 0 Å². The Labute approximate surface area is 134 Å². The number of piperazine rings is 1. The molecule has 1 saturated heterocycles. The summed E-state index contributed by atoms with van der Waals surface area (Å²) in [5.74, 6) is 0.568. The molecular formula is C18H29N3O. The topological polar surface area (TPSA) is 35.6 Å². The highest BCUT2D eigenvalue weighted by molar-refractivity contribution is 5.95. The predicted molar refractivity (Wildman–Crippen MR) is 91.2 cm³/mol. The van der Waals surface area contributed by atoms with Gasteiger partial charge < -0.3 is 10.2 Å². The zero-order valence-electron chi connectivity index (χ0n) is 14.3. The lowest BCUT2D eigenvalue weighted by Crippen LogP contribution is -2.54. The van der Waals surface area contributed by atoms with E-state index in [1.165, 1.54) is 0 Å². The first kappa shape index (κ1) is 17.0. The number of amides is 1. The number of benzene rings is 1. The maximum Gasteiger partial charge on any atom is 0.251 e. The van der Waals surface area contributed by atoms with Crippen LogP contribution >= 0.6 is 0 Å². The third-order valence-electron chi connectivity index (χ3n) is 4.64. The number of carbonyl (C=O) groups is 1. The van der Waals surface area contributed by atoms with Gasteiger partial charge in [-0.2, -0.15) is 0 Å². The normalized spacial score (nSPS) is 18.4. The van der Waals surface area contributed by atoms with E-state index >= 15 is 0 Å². The smallest absolute Gasteiger partial charge is 0.251 e. The maximum atomic E-state index is 12.4. The van der Waals surface area contributed by atoms with Crippen LogP contribution in [-0.4, -0.2) is 61.5 Å². The average molecular weight is 303 g/mol. The van der Waals surface area contributed by atoms with Gasteiger partial charge in [0.25, 0.3) is 5.91 Å². The second-order valence-corrected chi connectivity index (χ2v) is 6.68. The fourth-order valence-electron chi connectivity index (χ4n) is 3.06. The Morgan fingerprint density at radius 3 is 2.41 bits per heavy atom. The molecule has 0 aliphatic carbocycles. The number of nitrogens with one attached hydrogen (secondary N) is 1. The lowest BCUT2D eigenvalue weighted by Gasteiger charge is -2.40. The van der Waals surface area contributed by atoms with Crippen molar-refractivity contribution in [2.75, 3.05) is 39.8 Å². The van der Waals surface area contributed by atoms with Crippen LogP contribution in [0.4, 0.5) is 0 Å². The van der Waals surface area contributed by atoms with Crippen molar-refractivity contribution in [2.24, 2.45) is 5.92 Å². The van der Waals surface area contributed by atoms with Crippen LogP contribution in [-0.2, 0) is 0 Å². The molecule has 1 heterocycles. The molecule has 2 rings (SSSR count). The van der Waals surface area contributed by atoms with E-state index in [0.29, 0.717) is 18.5 Å². The van der Waals surface area contributed by atoms with Gasteiger partial charge in [0.1, 0.15) is 0 Å². The van der Waals surface area contributed by atoms with Crippen LogP contribution in [0.3, 0.4) is 0 Å². The summed E-state index contributed by atoms with van der Waals surface area (Å²) in [5, 5.41) is 3.14. The molecule has 0 bridgehead atoms. The molecule has 1 aliphatic rings. The Balaban J connectivity index is 1.94. The summed E-state index contributed by atoms with van der Waals surface area (Å²) in [7, 11) is 2.17. The zero-order valence-corrected chi connectivity index (χ0v) is 14.3. The molecule has 122 valence electrons. The highest BCUT2D eigenvalue weighted by atomic mass is 16.1. The van der Waals surface area contributed by atoms with Gasteiger partial charge >= 0.3 is 0 Å². The second-order valence-electron chi connectivity index (χ2n) is 6.68. The van der Waals surface area contributed by atoms with Crippen LogP contribution in [0, 0.1) is 12.8 Å². The van der Waals surface area contributed by atoms with Gasteiger partial charge in [0.15, 0.2) is 0 Å². The quantitative estimate of drug-likeness (QED) is 0.904. The fraction of sp³-hybridized carbons (Fsp3) is 0.611. The highest BCUT2D eigenvalue weighted by Gasteiger charge is 2.25. The summed E-state index contributed by atoms with van der Waals surface area (Å²) < 4.78 is 0. The van der Waals surface area contributed by atoms with Gasteiger partial charge in [-0.3, -0.25) is 9.69 Å². The van der Waals surface area contributed by atoms with Gasteiger partial charge in [-0.25, -0.2) is 0 Å². The number of likely N-dealkylation sites (N-methyl/N-ethyl adjacent to an activating group) is 1. The van der Waals surface area contributed by atoms with E-state index in [4.69, 9.17) is 0 Å². The molecule has 0 spiro atoms. The maximum absolute atomic E-state index is 12.4. The Hall–Kier alpha value is -1.39. The largest absolute Gasteiger partial charge is 0.350 e. The van der Waals surface area contributed by atoms with E-state index in [9.17, 15) is 4.79 Å². The molecular weight excluding hydrogens is 274 g/mol. The van der Waals surface area contributed by atoms with Crippen molar-refractivity contribution in [1.82, 2.24) is 15.1 Å². The summed E-state index contributed by atoms with van der Waals surface area (Å²) >= 11 is 0. The molecule has 1 fully saturated rings. The monoisotopic (exact) mass is 303 g/mol. The average Bonchev–Trinajstić information content (AvgIpc) is 2.49. The van der Waals surface area contributed by atoms with Gasteiger partial charge in [-0.05, 0) is 31.5 Å². The molecule has 0 aromatic heterocycles. The molecule has 1 N–H and O–H groups in total. The van der Waals surface area contributed by atoms with E-state index in [1.807, 2.05) is 31.2 Å². The molecule has 4 nitrogen and oxygen atoms in total. The number of hydrogen-bond acceptors (Lipinski definition) is 3. The summed E-state index contributed by atoms with van der Waals surface area (Å²) in [5.41, 5.74) is 1.81. The minimum Gasteiger partial charge on any atom is -0.350 e. The van der Waals surface area contributed by atoms with Gasteiger partial charge in [-0.15, -0.1) is 0 Å². The third-order valence-corrected chi connectivity index (χ3v) is 4.64. The van der Waals surface area contributed by atoms with Crippen LogP contribution in [0.5, 0.6) is 0 Å². The van der Waals surface area contributed by atoms with Gasteiger partial charge in [0.05, 0.1) is 0 Å². The SMILES string of the molecule is Cc1ccccc1C(=O)NCC(C(C)C)N1CCN(C)CC1. The van der Waals surface area contributed by atoms with Crippen molar-refractivity contribution >= 4 is 5.91 Å². The minimum atomic E-state index is 0.0397. The van der Waals surface area contributed by atoms with Crippen molar-refractivity contribution in [3.63, 3.8) is 0 Å². The predicted octanol–water partition coefficient (Wildman–Crippen LogP) is 2.00. The lowest BCUT2D eigenvalue weighted by molar-refractivity contribution is 0.0790. The van der Waals surface area contributed by atoms with Crippen molar-refractivity contribution in [2.45, 2.75) is 26.8 Å². The van der Waals surface area contributed by atoms with E-state index in [-0.39, 0.29) is 5.91 Å². The van der Waals surface area contributed by atoms with E-state index in [2.05, 4.69) is 36.0 Å². The first-order valence-electron chi connectivity index (χ1n) is 8.25. The summed E-state index contributed by atoms with van der Waals surface area (Å²) in [6, 6.07) is 8.16. The van der Waals surface area contributed by atoms with E-state index < -0.39 is 0 Å². The number of rotatable bonds is 5. The molecule has 1 unspecified atom stereocenters. The van der Waals surface area contributed by atoms with Crippen LogP contribution in [0.15, 0.2) is 24.3 Å². The Morgan fingerprint density at radius 2 is 1.82 bits per heavy atom. The van der Waals surface area contributed by atoms with Gasteiger partial charge in [-0.1, -0.05) is 32.0 Å². The molecule has 4 heteroatoms. The third kappa shape index (κ3) is 4.31. The van der Waals surface area contributed by atoms with Crippen LogP contribution in [0.25, 0.3) is 0 Å². The van der Waals surface area contributed by atoms with Crippen LogP contribution < -0.4 is 5.32 Å². The Morgan fingerprint density at radius 1 is 1.18 bits per heavy atom. The Kier molecular flexibility index (Phi) is 5.98. The van der Waals surface area contributed by atoms with Crippen molar-refractivity contribution < 1.29 is 4.79 Å². The summed E-state index contributed by atoms with van der Waals surface area (Å²) in [4.78, 5) is 17.3. The van der Waals surface area contributed by atoms with Gasteiger partial charge in [0, 0.05) is 44.3 Å². The standard InChI is InChI=1S/C18H29N3O/c1-14(2)17(21-11-9-20(4)10-12-21)13-19-18(22)16-8-6-5-7-15(16)3/h5-8,14,17H,9-13H2,1-4H3,(H,19,22). The van der Waals surface area contributed by atoms with Gasteiger partial charge in [0.2, 0.25) is 0 Å². The number of carbonyl (C=O) groups excluding carboxylic acids is 1. The molecule has 0 radical (unpaired) electrons.